The predicted molar refractivity (Wildman–Crippen MR) is 59.1 cm³/mol. The molecule has 0 bridgehead atoms. The summed E-state index contributed by atoms with van der Waals surface area (Å²) in [5.41, 5.74) is 0. The molecule has 1 atom stereocenters. The number of hydrogen-bond acceptors (Lipinski definition) is 4. The molecule has 0 aliphatic carbocycles. The first kappa shape index (κ1) is 12.6. The smallest absolute Gasteiger partial charge is 0.0701 e. The van der Waals surface area contributed by atoms with E-state index in [1.165, 1.54) is 0 Å². The molecule has 1 heterocycles. The Balaban J connectivity index is 1.75. The van der Waals surface area contributed by atoms with E-state index in [1.807, 2.05) is 0 Å². The maximum absolute atomic E-state index is 5.44. The van der Waals surface area contributed by atoms with Gasteiger partial charge in [-0.15, -0.1) is 0 Å². The van der Waals surface area contributed by atoms with Crippen LogP contribution in [-0.4, -0.2) is 52.7 Å². The van der Waals surface area contributed by atoms with Crippen molar-refractivity contribution in [3.63, 3.8) is 0 Å². The third-order valence-electron chi connectivity index (χ3n) is 2.24. The molecule has 0 aromatic rings. The van der Waals surface area contributed by atoms with Crippen molar-refractivity contribution < 1.29 is 14.2 Å². The molecule has 0 spiro atoms. The molecular formula is C11H21NO3. The summed E-state index contributed by atoms with van der Waals surface area (Å²) in [7, 11) is 1.67. The standard InChI is InChI=1S/C11H21NO3/c1-13-7-8-15-10-9-14-6-4-11-3-2-5-12-11/h2-3,11-12H,4-10H2,1H3. The van der Waals surface area contributed by atoms with Crippen LogP contribution in [0.1, 0.15) is 6.42 Å². The van der Waals surface area contributed by atoms with Crippen LogP contribution in [0.2, 0.25) is 0 Å². The first-order valence-electron chi connectivity index (χ1n) is 5.48. The minimum Gasteiger partial charge on any atom is -0.382 e. The summed E-state index contributed by atoms with van der Waals surface area (Å²) >= 11 is 0. The zero-order valence-electron chi connectivity index (χ0n) is 9.41. The van der Waals surface area contributed by atoms with Gasteiger partial charge in [0.25, 0.3) is 0 Å². The minimum absolute atomic E-state index is 0.499. The normalized spacial score (nSPS) is 19.9. The van der Waals surface area contributed by atoms with Crippen molar-refractivity contribution in [2.45, 2.75) is 12.5 Å². The topological polar surface area (TPSA) is 39.7 Å². The minimum atomic E-state index is 0.499. The van der Waals surface area contributed by atoms with Crippen molar-refractivity contribution in [1.29, 1.82) is 0 Å². The third-order valence-corrected chi connectivity index (χ3v) is 2.24. The van der Waals surface area contributed by atoms with Gasteiger partial charge in [-0.1, -0.05) is 12.2 Å². The zero-order valence-corrected chi connectivity index (χ0v) is 9.41. The number of hydrogen-bond donors (Lipinski definition) is 1. The summed E-state index contributed by atoms with van der Waals surface area (Å²) in [4.78, 5) is 0. The van der Waals surface area contributed by atoms with Gasteiger partial charge in [-0.25, -0.2) is 0 Å². The summed E-state index contributed by atoms with van der Waals surface area (Å²) in [5.74, 6) is 0. The van der Waals surface area contributed by atoms with Crippen molar-refractivity contribution >= 4 is 0 Å². The molecule has 15 heavy (non-hydrogen) atoms. The highest BCUT2D eigenvalue weighted by molar-refractivity contribution is 5.01. The fourth-order valence-corrected chi connectivity index (χ4v) is 1.39. The van der Waals surface area contributed by atoms with Gasteiger partial charge in [0.2, 0.25) is 0 Å². The highest BCUT2D eigenvalue weighted by atomic mass is 16.5. The van der Waals surface area contributed by atoms with Gasteiger partial charge in [-0.3, -0.25) is 0 Å². The van der Waals surface area contributed by atoms with E-state index in [-0.39, 0.29) is 0 Å². The third kappa shape index (κ3) is 6.62. The monoisotopic (exact) mass is 215 g/mol. The van der Waals surface area contributed by atoms with Gasteiger partial charge >= 0.3 is 0 Å². The van der Waals surface area contributed by atoms with Gasteiger partial charge in [0.1, 0.15) is 0 Å². The lowest BCUT2D eigenvalue weighted by Crippen LogP contribution is -2.23. The quantitative estimate of drug-likeness (QED) is 0.451. The first-order valence-corrected chi connectivity index (χ1v) is 5.48. The van der Waals surface area contributed by atoms with Crippen molar-refractivity contribution in [2.24, 2.45) is 0 Å². The van der Waals surface area contributed by atoms with Crippen LogP contribution in [0.3, 0.4) is 0 Å². The van der Waals surface area contributed by atoms with E-state index >= 15 is 0 Å². The molecule has 1 unspecified atom stereocenters. The second-order valence-electron chi connectivity index (χ2n) is 3.45. The molecule has 1 aliphatic heterocycles. The second kappa shape index (κ2) is 8.85. The van der Waals surface area contributed by atoms with E-state index in [2.05, 4.69) is 17.5 Å². The largest absolute Gasteiger partial charge is 0.382 e. The van der Waals surface area contributed by atoms with E-state index in [0.29, 0.717) is 32.5 Å². The Bertz CT molecular complexity index is 173. The van der Waals surface area contributed by atoms with Gasteiger partial charge < -0.3 is 19.5 Å². The first-order chi connectivity index (χ1) is 7.43. The van der Waals surface area contributed by atoms with E-state index in [0.717, 1.165) is 19.6 Å². The van der Waals surface area contributed by atoms with E-state index in [9.17, 15) is 0 Å². The van der Waals surface area contributed by atoms with Crippen LogP contribution < -0.4 is 5.32 Å². The van der Waals surface area contributed by atoms with Crippen molar-refractivity contribution in [2.75, 3.05) is 46.7 Å². The van der Waals surface area contributed by atoms with Gasteiger partial charge in [0, 0.05) is 26.3 Å². The molecule has 0 radical (unpaired) electrons. The average molecular weight is 215 g/mol. The molecule has 1 N–H and O–H groups in total. The Hall–Kier alpha value is -0.420. The number of methoxy groups -OCH3 is 1. The van der Waals surface area contributed by atoms with Crippen LogP contribution in [0.25, 0.3) is 0 Å². The van der Waals surface area contributed by atoms with E-state index in [1.54, 1.807) is 7.11 Å². The fourth-order valence-electron chi connectivity index (χ4n) is 1.39. The highest BCUT2D eigenvalue weighted by Gasteiger charge is 2.06. The SMILES string of the molecule is COCCOCCOCCC1C=CCN1. The van der Waals surface area contributed by atoms with Crippen LogP contribution in [0.15, 0.2) is 12.2 Å². The molecule has 4 nitrogen and oxygen atoms in total. The maximum Gasteiger partial charge on any atom is 0.0701 e. The molecular weight excluding hydrogens is 194 g/mol. The molecule has 0 saturated carbocycles. The van der Waals surface area contributed by atoms with Crippen LogP contribution in [0.5, 0.6) is 0 Å². The summed E-state index contributed by atoms with van der Waals surface area (Å²) < 4.78 is 15.6. The van der Waals surface area contributed by atoms with Crippen molar-refractivity contribution in [3.05, 3.63) is 12.2 Å². The maximum atomic E-state index is 5.44. The fraction of sp³-hybridized carbons (Fsp3) is 0.818. The number of ether oxygens (including phenoxy) is 3. The second-order valence-corrected chi connectivity index (χ2v) is 3.45. The molecule has 1 aliphatic rings. The summed E-state index contributed by atoms with van der Waals surface area (Å²) in [5, 5.41) is 3.34. The summed E-state index contributed by atoms with van der Waals surface area (Å²) in [6.45, 7) is 4.39. The van der Waals surface area contributed by atoms with Crippen LogP contribution in [0.4, 0.5) is 0 Å². The highest BCUT2D eigenvalue weighted by Crippen LogP contribution is 1.99. The van der Waals surface area contributed by atoms with Gasteiger partial charge in [0.15, 0.2) is 0 Å². The van der Waals surface area contributed by atoms with Gasteiger partial charge in [-0.05, 0) is 6.42 Å². The van der Waals surface area contributed by atoms with Crippen LogP contribution >= 0.6 is 0 Å². The molecule has 4 heteroatoms. The molecule has 88 valence electrons. The Morgan fingerprint density at radius 2 is 1.87 bits per heavy atom. The lowest BCUT2D eigenvalue weighted by atomic mass is 10.2. The lowest BCUT2D eigenvalue weighted by Gasteiger charge is -2.09. The molecule has 0 amide bonds. The van der Waals surface area contributed by atoms with Crippen LogP contribution in [0, 0.1) is 0 Å². The molecule has 0 aromatic carbocycles. The summed E-state index contributed by atoms with van der Waals surface area (Å²) in [6.07, 6.45) is 5.38. The van der Waals surface area contributed by atoms with E-state index < -0.39 is 0 Å². The number of nitrogens with one attached hydrogen (secondary N) is 1. The summed E-state index contributed by atoms with van der Waals surface area (Å²) in [6, 6.07) is 0.499. The molecule has 0 aromatic heterocycles. The zero-order chi connectivity index (χ0) is 10.8. The predicted octanol–water partition coefficient (Wildman–Crippen LogP) is 0.584. The van der Waals surface area contributed by atoms with Crippen LogP contribution in [-0.2, 0) is 14.2 Å². The molecule has 0 saturated heterocycles. The Morgan fingerprint density at radius 1 is 1.13 bits per heavy atom. The van der Waals surface area contributed by atoms with Gasteiger partial charge in [-0.2, -0.15) is 0 Å². The number of rotatable bonds is 9. The molecule has 0 fully saturated rings. The average Bonchev–Trinajstić information content (AvgIpc) is 2.75. The Kier molecular flexibility index (Phi) is 7.47. The Morgan fingerprint density at radius 3 is 2.53 bits per heavy atom. The Labute approximate surface area is 91.6 Å². The lowest BCUT2D eigenvalue weighted by molar-refractivity contribution is 0.0236. The van der Waals surface area contributed by atoms with Crippen molar-refractivity contribution in [3.8, 4) is 0 Å². The van der Waals surface area contributed by atoms with Crippen molar-refractivity contribution in [1.82, 2.24) is 5.32 Å². The van der Waals surface area contributed by atoms with Gasteiger partial charge in [0.05, 0.1) is 26.4 Å². The molecule has 1 rings (SSSR count). The van der Waals surface area contributed by atoms with E-state index in [4.69, 9.17) is 14.2 Å².